The van der Waals surface area contributed by atoms with Crippen LogP contribution in [0.25, 0.3) is 0 Å². The molecule has 0 aliphatic carbocycles. The molecule has 0 aromatic heterocycles. The third-order valence-corrected chi connectivity index (χ3v) is 1.62. The second kappa shape index (κ2) is 4.12. The van der Waals surface area contributed by atoms with E-state index in [0.717, 1.165) is 6.42 Å². The zero-order chi connectivity index (χ0) is 8.10. The lowest BCUT2D eigenvalue weighted by molar-refractivity contribution is 0.341. The van der Waals surface area contributed by atoms with Gasteiger partial charge in [-0.25, -0.2) is 4.39 Å². The van der Waals surface area contributed by atoms with Gasteiger partial charge in [-0.05, 0) is 31.4 Å². The molecule has 0 nitrogen and oxygen atoms in total. The summed E-state index contributed by atoms with van der Waals surface area (Å²) >= 11 is 0. The van der Waals surface area contributed by atoms with E-state index in [1.54, 1.807) is 6.92 Å². The normalized spacial score (nSPS) is 12.9. The maximum Gasteiger partial charge on any atom is 0.0976 e. The quantitative estimate of drug-likeness (QED) is 0.623. The second-order valence-corrected chi connectivity index (χ2v) is 2.73. The van der Waals surface area contributed by atoms with Gasteiger partial charge in [0, 0.05) is 0 Å². The summed E-state index contributed by atoms with van der Waals surface area (Å²) in [6, 6.07) is 10.6. The molecule has 59 valence electrons. The molecule has 0 spiro atoms. The van der Waals surface area contributed by atoms with Gasteiger partial charge in [0.2, 0.25) is 0 Å². The van der Waals surface area contributed by atoms with Crippen molar-refractivity contribution in [2.75, 3.05) is 0 Å². The molecule has 1 radical (unpaired) electrons. The van der Waals surface area contributed by atoms with Crippen molar-refractivity contribution < 1.29 is 4.39 Å². The molecule has 1 heteroatoms. The van der Waals surface area contributed by atoms with Gasteiger partial charge in [0.1, 0.15) is 0 Å². The van der Waals surface area contributed by atoms with E-state index in [2.05, 4.69) is 6.07 Å². The van der Waals surface area contributed by atoms with Crippen LogP contribution in [0.2, 0.25) is 0 Å². The molecule has 0 aliphatic rings. The fourth-order valence-electron chi connectivity index (χ4n) is 0.954. The van der Waals surface area contributed by atoms with Crippen LogP contribution in [0.1, 0.15) is 18.9 Å². The Hall–Kier alpha value is -0.850. The van der Waals surface area contributed by atoms with Gasteiger partial charge in [-0.1, -0.05) is 24.3 Å². The van der Waals surface area contributed by atoms with E-state index < -0.39 is 6.17 Å². The van der Waals surface area contributed by atoms with Crippen LogP contribution in [0.15, 0.2) is 24.3 Å². The van der Waals surface area contributed by atoms with E-state index in [1.165, 1.54) is 5.56 Å². The van der Waals surface area contributed by atoms with Gasteiger partial charge >= 0.3 is 0 Å². The van der Waals surface area contributed by atoms with Crippen molar-refractivity contribution in [3.63, 3.8) is 0 Å². The molecule has 0 saturated heterocycles. The zero-order valence-corrected chi connectivity index (χ0v) is 6.68. The van der Waals surface area contributed by atoms with Crippen molar-refractivity contribution in [2.24, 2.45) is 0 Å². The minimum atomic E-state index is -0.695. The zero-order valence-electron chi connectivity index (χ0n) is 6.68. The van der Waals surface area contributed by atoms with Crippen molar-refractivity contribution in [1.29, 1.82) is 0 Å². The summed E-state index contributed by atoms with van der Waals surface area (Å²) < 4.78 is 12.4. The maximum atomic E-state index is 12.4. The first-order chi connectivity index (χ1) is 5.29. The Morgan fingerprint density at radius 2 is 2.09 bits per heavy atom. The van der Waals surface area contributed by atoms with Gasteiger partial charge in [0.15, 0.2) is 0 Å². The van der Waals surface area contributed by atoms with Crippen molar-refractivity contribution in [1.82, 2.24) is 0 Å². The highest BCUT2D eigenvalue weighted by Crippen LogP contribution is 2.05. The van der Waals surface area contributed by atoms with Gasteiger partial charge in [0.05, 0.1) is 6.17 Å². The molecule has 0 saturated carbocycles. The van der Waals surface area contributed by atoms with E-state index >= 15 is 0 Å². The Morgan fingerprint density at radius 3 is 2.64 bits per heavy atom. The van der Waals surface area contributed by atoms with Crippen molar-refractivity contribution in [3.8, 4) is 0 Å². The summed E-state index contributed by atoms with van der Waals surface area (Å²) in [4.78, 5) is 0. The van der Waals surface area contributed by atoms with Gasteiger partial charge in [-0.15, -0.1) is 0 Å². The summed E-state index contributed by atoms with van der Waals surface area (Å²) in [5.74, 6) is 0. The number of rotatable bonds is 3. The maximum absolute atomic E-state index is 12.4. The third-order valence-electron chi connectivity index (χ3n) is 1.62. The molecule has 1 atom stereocenters. The molecular formula is C10H12F. The minimum absolute atomic E-state index is 0.615. The standard InChI is InChI=1S/C10H12F/c1-9(11)7-8-10-5-3-2-4-6-10/h3-6,9H,7-8H2,1H3. The Labute approximate surface area is 67.1 Å². The topological polar surface area (TPSA) is 0 Å². The lowest BCUT2D eigenvalue weighted by Crippen LogP contribution is -1.95. The second-order valence-electron chi connectivity index (χ2n) is 2.73. The largest absolute Gasteiger partial charge is 0.248 e. The summed E-state index contributed by atoms with van der Waals surface area (Å²) in [6.07, 6.45) is 0.746. The molecule has 11 heavy (non-hydrogen) atoms. The molecular weight excluding hydrogens is 139 g/mol. The molecule has 0 aliphatic heterocycles. The average molecular weight is 151 g/mol. The fraction of sp³-hybridized carbons (Fsp3) is 0.400. The van der Waals surface area contributed by atoms with E-state index in [-0.39, 0.29) is 0 Å². The van der Waals surface area contributed by atoms with Crippen LogP contribution in [0, 0.1) is 6.07 Å². The van der Waals surface area contributed by atoms with Gasteiger partial charge in [0.25, 0.3) is 0 Å². The van der Waals surface area contributed by atoms with Crippen molar-refractivity contribution >= 4 is 0 Å². The van der Waals surface area contributed by atoms with Gasteiger partial charge in [-0.3, -0.25) is 0 Å². The van der Waals surface area contributed by atoms with E-state index in [9.17, 15) is 4.39 Å². The number of alkyl halides is 1. The van der Waals surface area contributed by atoms with Crippen LogP contribution in [0.5, 0.6) is 0 Å². The number of halogens is 1. The Kier molecular flexibility index (Phi) is 3.09. The first kappa shape index (κ1) is 8.25. The molecule has 0 bridgehead atoms. The van der Waals surface area contributed by atoms with Crippen LogP contribution in [-0.2, 0) is 6.42 Å². The summed E-state index contributed by atoms with van der Waals surface area (Å²) in [5, 5.41) is 0. The summed E-state index contributed by atoms with van der Waals surface area (Å²) in [6.45, 7) is 1.59. The molecule has 1 unspecified atom stereocenters. The average Bonchev–Trinajstić information content (AvgIpc) is 2.03. The first-order valence-electron chi connectivity index (χ1n) is 3.88. The highest BCUT2D eigenvalue weighted by molar-refractivity contribution is 5.13. The molecule has 1 rings (SSSR count). The Bertz CT molecular complexity index is 191. The van der Waals surface area contributed by atoms with Crippen molar-refractivity contribution in [3.05, 3.63) is 35.9 Å². The first-order valence-corrected chi connectivity index (χ1v) is 3.88. The Balaban J connectivity index is 2.39. The van der Waals surface area contributed by atoms with E-state index in [4.69, 9.17) is 0 Å². The van der Waals surface area contributed by atoms with Crippen molar-refractivity contribution in [2.45, 2.75) is 25.9 Å². The van der Waals surface area contributed by atoms with E-state index in [1.807, 2.05) is 24.3 Å². The highest BCUT2D eigenvalue weighted by atomic mass is 19.1. The summed E-state index contributed by atoms with van der Waals surface area (Å²) in [7, 11) is 0. The summed E-state index contributed by atoms with van der Waals surface area (Å²) in [5.41, 5.74) is 1.19. The number of hydrogen-bond donors (Lipinski definition) is 0. The number of aryl methyl sites for hydroxylation is 1. The van der Waals surface area contributed by atoms with Gasteiger partial charge in [-0.2, -0.15) is 0 Å². The lowest BCUT2D eigenvalue weighted by Gasteiger charge is -2.00. The SMILES string of the molecule is CC(F)CCc1cc[c]cc1. The Morgan fingerprint density at radius 1 is 1.45 bits per heavy atom. The molecule has 0 N–H and O–H groups in total. The van der Waals surface area contributed by atoms with Gasteiger partial charge < -0.3 is 0 Å². The molecule has 1 aromatic carbocycles. The van der Waals surface area contributed by atoms with Crippen LogP contribution < -0.4 is 0 Å². The lowest BCUT2D eigenvalue weighted by atomic mass is 10.1. The molecule has 0 amide bonds. The molecule has 1 aromatic rings. The minimum Gasteiger partial charge on any atom is -0.248 e. The van der Waals surface area contributed by atoms with Crippen LogP contribution >= 0.6 is 0 Å². The number of benzene rings is 1. The van der Waals surface area contributed by atoms with E-state index in [0.29, 0.717) is 6.42 Å². The monoisotopic (exact) mass is 151 g/mol. The van der Waals surface area contributed by atoms with Crippen LogP contribution in [-0.4, -0.2) is 6.17 Å². The van der Waals surface area contributed by atoms with Crippen LogP contribution in [0.3, 0.4) is 0 Å². The third kappa shape index (κ3) is 3.17. The molecule has 0 fully saturated rings. The van der Waals surface area contributed by atoms with Crippen LogP contribution in [0.4, 0.5) is 4.39 Å². The predicted octanol–water partition coefficient (Wildman–Crippen LogP) is 2.78. The number of hydrogen-bond acceptors (Lipinski definition) is 0. The predicted molar refractivity (Wildman–Crippen MR) is 44.2 cm³/mol. The fourth-order valence-corrected chi connectivity index (χ4v) is 0.954. The smallest absolute Gasteiger partial charge is 0.0976 e. The molecule has 0 heterocycles. The highest BCUT2D eigenvalue weighted by Gasteiger charge is 1.97.